The lowest BCUT2D eigenvalue weighted by atomic mass is 9.97. The van der Waals surface area contributed by atoms with Gasteiger partial charge in [-0.3, -0.25) is 14.5 Å². The molecule has 0 aromatic heterocycles. The summed E-state index contributed by atoms with van der Waals surface area (Å²) in [5.41, 5.74) is 1.63. The van der Waals surface area contributed by atoms with E-state index in [9.17, 15) is 30.0 Å². The number of ketones is 1. The van der Waals surface area contributed by atoms with Crippen LogP contribution in [-0.4, -0.2) is 69.4 Å². The summed E-state index contributed by atoms with van der Waals surface area (Å²) >= 11 is 1.21. The van der Waals surface area contributed by atoms with E-state index in [2.05, 4.69) is 0 Å². The van der Waals surface area contributed by atoms with Gasteiger partial charge in [0.1, 0.15) is 24.4 Å². The SMILES string of the molecule is O=C1/C(=C2/C(=O)N([C@@H]3O[C@H](CO)[C@@H](O)[C@H](O)[C@@H]3O)c3ccccc32)Sc2ccccc21. The van der Waals surface area contributed by atoms with Crippen LogP contribution >= 0.6 is 11.8 Å². The van der Waals surface area contributed by atoms with Crippen LogP contribution in [0.25, 0.3) is 5.57 Å². The van der Waals surface area contributed by atoms with Crippen molar-refractivity contribution in [2.45, 2.75) is 35.5 Å². The number of amides is 1. The van der Waals surface area contributed by atoms with Crippen LogP contribution in [0.1, 0.15) is 15.9 Å². The predicted octanol–water partition coefficient (Wildman–Crippen LogP) is 0.533. The molecule has 1 amide bonds. The van der Waals surface area contributed by atoms with Gasteiger partial charge in [0.05, 0.1) is 22.8 Å². The highest BCUT2D eigenvalue weighted by atomic mass is 32.2. The zero-order chi connectivity index (χ0) is 21.9. The number of thioether (sulfide) groups is 1. The molecule has 3 aliphatic rings. The molecule has 0 unspecified atom stereocenters. The van der Waals surface area contributed by atoms with E-state index in [1.54, 1.807) is 36.4 Å². The largest absolute Gasteiger partial charge is 0.394 e. The topological polar surface area (TPSA) is 128 Å². The highest BCUT2D eigenvalue weighted by Crippen LogP contribution is 2.49. The smallest absolute Gasteiger partial charge is 0.262 e. The van der Waals surface area contributed by atoms with Crippen molar-refractivity contribution >= 4 is 34.7 Å². The summed E-state index contributed by atoms with van der Waals surface area (Å²) in [4.78, 5) is 28.8. The molecule has 8 nitrogen and oxygen atoms in total. The molecule has 3 aliphatic heterocycles. The lowest BCUT2D eigenvalue weighted by molar-refractivity contribution is -0.228. The summed E-state index contributed by atoms with van der Waals surface area (Å²) in [6, 6.07) is 13.9. The maximum Gasteiger partial charge on any atom is 0.262 e. The lowest BCUT2D eigenvalue weighted by Crippen LogP contribution is -2.63. The minimum atomic E-state index is -1.63. The fourth-order valence-corrected chi connectivity index (χ4v) is 5.33. The Morgan fingerprint density at radius 2 is 1.58 bits per heavy atom. The first kappa shape index (κ1) is 20.4. The summed E-state index contributed by atoms with van der Waals surface area (Å²) in [5.74, 6) is -0.816. The number of para-hydroxylation sites is 1. The summed E-state index contributed by atoms with van der Waals surface area (Å²) in [5, 5.41) is 40.4. The lowest BCUT2D eigenvalue weighted by Gasteiger charge is -2.43. The standard InChI is InChI=1S/C22H19NO7S/c24-9-13-17(26)18(27)19(28)22(30-13)23-12-7-3-1-5-10(12)15(21(23)29)20-16(25)11-6-2-4-8-14(11)31-20/h1-8,13,17-19,22,24,26-28H,9H2/b20-15-/t13-,17-,18+,19+,22-/m1/s1. The Balaban J connectivity index is 1.62. The minimum Gasteiger partial charge on any atom is -0.394 e. The fraction of sp³-hybridized carbons (Fsp3) is 0.273. The van der Waals surface area contributed by atoms with E-state index in [1.807, 2.05) is 12.1 Å². The monoisotopic (exact) mass is 441 g/mol. The molecule has 4 N–H and O–H groups in total. The van der Waals surface area contributed by atoms with Crippen LogP contribution in [-0.2, 0) is 9.53 Å². The number of rotatable bonds is 2. The number of carbonyl (C=O) groups excluding carboxylic acids is 2. The number of carbonyl (C=O) groups is 2. The van der Waals surface area contributed by atoms with Gasteiger partial charge in [-0.2, -0.15) is 0 Å². The van der Waals surface area contributed by atoms with Crippen molar-refractivity contribution in [2.75, 3.05) is 11.5 Å². The number of aliphatic hydroxyl groups is 4. The molecule has 160 valence electrons. The molecule has 1 fully saturated rings. The number of benzene rings is 2. The number of Topliss-reactive ketones (excluding diaryl/α,β-unsaturated/α-hetero) is 1. The number of ether oxygens (including phenoxy) is 1. The fourth-order valence-electron chi connectivity index (χ4n) is 4.19. The van der Waals surface area contributed by atoms with Gasteiger partial charge in [0.2, 0.25) is 5.78 Å². The number of hydrogen-bond donors (Lipinski definition) is 4. The molecule has 1 saturated heterocycles. The molecule has 0 saturated carbocycles. The van der Waals surface area contributed by atoms with Gasteiger partial charge in [-0.1, -0.05) is 42.1 Å². The molecular weight excluding hydrogens is 422 g/mol. The Hall–Kier alpha value is -2.53. The molecule has 0 bridgehead atoms. The third-order valence-electron chi connectivity index (χ3n) is 5.76. The Bertz CT molecular complexity index is 1110. The molecule has 31 heavy (non-hydrogen) atoms. The first-order valence-corrected chi connectivity index (χ1v) is 10.5. The molecule has 0 aliphatic carbocycles. The van der Waals surface area contributed by atoms with Crippen LogP contribution in [0.3, 0.4) is 0 Å². The molecule has 9 heteroatoms. The average molecular weight is 441 g/mol. The zero-order valence-corrected chi connectivity index (χ0v) is 16.9. The van der Waals surface area contributed by atoms with Gasteiger partial charge in [-0.05, 0) is 18.2 Å². The van der Waals surface area contributed by atoms with Gasteiger partial charge in [0.25, 0.3) is 5.91 Å². The van der Waals surface area contributed by atoms with Gasteiger partial charge < -0.3 is 25.2 Å². The van der Waals surface area contributed by atoms with E-state index in [-0.39, 0.29) is 16.3 Å². The third kappa shape index (κ3) is 2.97. The van der Waals surface area contributed by atoms with Crippen LogP contribution in [0.5, 0.6) is 0 Å². The van der Waals surface area contributed by atoms with Gasteiger partial charge in [-0.15, -0.1) is 0 Å². The second-order valence-electron chi connectivity index (χ2n) is 7.54. The van der Waals surface area contributed by atoms with Crippen LogP contribution in [0.4, 0.5) is 5.69 Å². The Morgan fingerprint density at radius 3 is 2.29 bits per heavy atom. The van der Waals surface area contributed by atoms with E-state index < -0.39 is 43.2 Å². The zero-order valence-electron chi connectivity index (χ0n) is 16.1. The van der Waals surface area contributed by atoms with Crippen LogP contribution < -0.4 is 4.90 Å². The highest BCUT2D eigenvalue weighted by molar-refractivity contribution is 8.05. The summed E-state index contributed by atoms with van der Waals surface area (Å²) in [6.07, 6.45) is -7.30. The summed E-state index contributed by atoms with van der Waals surface area (Å²) in [7, 11) is 0. The second-order valence-corrected chi connectivity index (χ2v) is 8.60. The van der Waals surface area contributed by atoms with Crippen molar-refractivity contribution in [3.63, 3.8) is 0 Å². The number of aliphatic hydroxyl groups excluding tert-OH is 4. The summed E-state index contributed by atoms with van der Waals surface area (Å²) < 4.78 is 5.62. The predicted molar refractivity (Wildman–Crippen MR) is 111 cm³/mol. The van der Waals surface area contributed by atoms with Gasteiger partial charge in [-0.25, -0.2) is 0 Å². The molecule has 2 aromatic carbocycles. The van der Waals surface area contributed by atoms with E-state index in [0.717, 1.165) is 4.90 Å². The molecule has 5 rings (SSSR count). The van der Waals surface area contributed by atoms with E-state index >= 15 is 0 Å². The Morgan fingerprint density at radius 1 is 0.903 bits per heavy atom. The van der Waals surface area contributed by atoms with Gasteiger partial charge in [0, 0.05) is 16.0 Å². The summed E-state index contributed by atoms with van der Waals surface area (Å²) in [6.45, 7) is -0.608. The maximum absolute atomic E-state index is 13.6. The average Bonchev–Trinajstić information content (AvgIpc) is 3.26. The molecule has 5 atom stereocenters. The number of anilines is 1. The van der Waals surface area contributed by atoms with Crippen molar-refractivity contribution in [2.24, 2.45) is 0 Å². The normalized spacial score (nSPS) is 32.4. The minimum absolute atomic E-state index is 0.193. The highest BCUT2D eigenvalue weighted by Gasteiger charge is 2.51. The van der Waals surface area contributed by atoms with Crippen LogP contribution in [0.2, 0.25) is 0 Å². The van der Waals surface area contributed by atoms with E-state index in [4.69, 9.17) is 4.74 Å². The number of hydrogen-bond acceptors (Lipinski definition) is 8. The van der Waals surface area contributed by atoms with Crippen molar-refractivity contribution in [3.8, 4) is 0 Å². The first-order chi connectivity index (χ1) is 14.9. The Kier molecular flexibility index (Phi) is 4.97. The molecular formula is C22H19NO7S. The molecule has 2 aromatic rings. The molecule has 0 spiro atoms. The molecule has 0 radical (unpaired) electrons. The second kappa shape index (κ2) is 7.56. The van der Waals surface area contributed by atoms with Crippen molar-refractivity contribution in [1.29, 1.82) is 0 Å². The van der Waals surface area contributed by atoms with Gasteiger partial charge in [0.15, 0.2) is 6.23 Å². The van der Waals surface area contributed by atoms with E-state index in [1.165, 1.54) is 16.7 Å². The number of fused-ring (bicyclic) bond motifs is 2. The number of allylic oxidation sites excluding steroid dienone is 1. The quantitative estimate of drug-likeness (QED) is 0.497. The first-order valence-electron chi connectivity index (χ1n) is 9.73. The Labute approximate surface area is 181 Å². The molecule has 3 heterocycles. The van der Waals surface area contributed by atoms with Crippen LogP contribution in [0, 0.1) is 0 Å². The maximum atomic E-state index is 13.6. The third-order valence-corrected chi connectivity index (χ3v) is 6.93. The van der Waals surface area contributed by atoms with Crippen molar-refractivity contribution < 1.29 is 34.8 Å². The van der Waals surface area contributed by atoms with Gasteiger partial charge >= 0.3 is 0 Å². The number of nitrogens with zero attached hydrogens (tertiary/aromatic N) is 1. The van der Waals surface area contributed by atoms with Crippen molar-refractivity contribution in [3.05, 3.63) is 64.6 Å². The van der Waals surface area contributed by atoms with Crippen LogP contribution in [0.15, 0.2) is 58.3 Å². The van der Waals surface area contributed by atoms with Crippen molar-refractivity contribution in [1.82, 2.24) is 0 Å². The van der Waals surface area contributed by atoms with E-state index in [0.29, 0.717) is 16.8 Å².